The fourth-order valence-electron chi connectivity index (χ4n) is 2.88. The summed E-state index contributed by atoms with van der Waals surface area (Å²) in [4.78, 5) is 25.3. The molecule has 2 rings (SSSR count). The minimum atomic E-state index is -3.91. The Morgan fingerprint density at radius 1 is 1.42 bits per heavy atom. The molecule has 1 atom stereocenters. The third-order valence-electron chi connectivity index (χ3n) is 4.22. The summed E-state index contributed by atoms with van der Waals surface area (Å²) in [6.07, 6.45) is 4.83. The molecule has 0 spiro atoms. The zero-order valence-corrected chi connectivity index (χ0v) is 15.7. The van der Waals surface area contributed by atoms with E-state index in [9.17, 15) is 13.2 Å². The highest BCUT2D eigenvalue weighted by Gasteiger charge is 2.25. The number of carbonyl (C=O) groups excluding carboxylic acids is 1. The van der Waals surface area contributed by atoms with E-state index < -0.39 is 15.9 Å². The van der Waals surface area contributed by atoms with Crippen molar-refractivity contribution < 1.29 is 22.9 Å². The van der Waals surface area contributed by atoms with Gasteiger partial charge in [-0.05, 0) is 50.6 Å². The molecule has 8 nitrogen and oxygen atoms in total. The Kier molecular flexibility index (Phi) is 7.30. The molecule has 0 aliphatic carbocycles. The number of nitrogens with zero attached hydrogens (tertiary/aromatic N) is 2. The van der Waals surface area contributed by atoms with E-state index in [2.05, 4.69) is 11.5 Å². The van der Waals surface area contributed by atoms with Gasteiger partial charge in [0.1, 0.15) is 0 Å². The van der Waals surface area contributed by atoms with Crippen molar-refractivity contribution in [2.45, 2.75) is 30.2 Å². The third-order valence-corrected chi connectivity index (χ3v) is 5.13. The maximum atomic E-state index is 12.6. The van der Waals surface area contributed by atoms with Crippen LogP contribution in [0.2, 0.25) is 0 Å². The lowest BCUT2D eigenvalue weighted by atomic mass is 10.2. The van der Waals surface area contributed by atoms with Crippen molar-refractivity contribution in [1.29, 1.82) is 0 Å². The zero-order chi connectivity index (χ0) is 19.2. The fourth-order valence-corrected chi connectivity index (χ4v) is 3.44. The second-order valence-corrected chi connectivity index (χ2v) is 7.60. The van der Waals surface area contributed by atoms with Crippen LogP contribution in [0.25, 0.3) is 0 Å². The highest BCUT2D eigenvalue weighted by Crippen LogP contribution is 2.17. The Morgan fingerprint density at radius 3 is 2.69 bits per heavy atom. The van der Waals surface area contributed by atoms with Gasteiger partial charge >= 0.3 is 5.91 Å². The summed E-state index contributed by atoms with van der Waals surface area (Å²) in [5.74, 6) is -0.614. The van der Waals surface area contributed by atoms with Gasteiger partial charge in [-0.2, -0.15) is 0 Å². The van der Waals surface area contributed by atoms with E-state index in [-0.39, 0.29) is 23.1 Å². The molecular formula is C17H25N3O5S. The molecule has 1 fully saturated rings. The summed E-state index contributed by atoms with van der Waals surface area (Å²) < 4.78 is 22.9. The molecule has 1 unspecified atom stereocenters. The second kappa shape index (κ2) is 9.24. The number of amides is 1. The van der Waals surface area contributed by atoms with Gasteiger partial charge in [0, 0.05) is 11.6 Å². The number of sulfonamides is 1. The van der Waals surface area contributed by atoms with Crippen molar-refractivity contribution in [2.75, 3.05) is 26.8 Å². The molecule has 1 aromatic rings. The van der Waals surface area contributed by atoms with Gasteiger partial charge in [0.05, 0.1) is 18.6 Å². The van der Waals surface area contributed by atoms with Crippen molar-refractivity contribution in [3.8, 4) is 0 Å². The Hall–Kier alpha value is -1.78. The van der Waals surface area contributed by atoms with Crippen molar-refractivity contribution in [2.24, 2.45) is 5.14 Å². The van der Waals surface area contributed by atoms with E-state index in [4.69, 9.17) is 14.8 Å². The largest absolute Gasteiger partial charge is 0.303 e. The summed E-state index contributed by atoms with van der Waals surface area (Å²) in [7, 11) is -2.60. The van der Waals surface area contributed by atoms with Gasteiger partial charge in [-0.3, -0.25) is 9.69 Å². The number of hydrogen-bond acceptors (Lipinski definition) is 6. The lowest BCUT2D eigenvalue weighted by Crippen LogP contribution is -2.40. The standard InChI is InChI=1S/C17H25N3O5S/c1-3-7-15(19-10-4-5-11-19)13-25-20(24-2)17(21)14-8-6-9-16(12-14)26(18,22)23/h3,6,8-9,12,15H,1,4-5,7,10-11,13H2,2H3,(H2,18,22,23). The van der Waals surface area contributed by atoms with Crippen LogP contribution in [0.4, 0.5) is 0 Å². The molecule has 2 N–H and O–H groups in total. The molecule has 1 saturated heterocycles. The van der Waals surface area contributed by atoms with Crippen LogP contribution in [0.15, 0.2) is 41.8 Å². The number of nitrogens with two attached hydrogens (primary N) is 1. The van der Waals surface area contributed by atoms with E-state index in [1.54, 1.807) is 0 Å². The predicted octanol–water partition coefficient (Wildman–Crippen LogP) is 1.31. The third kappa shape index (κ3) is 5.36. The molecule has 144 valence electrons. The predicted molar refractivity (Wildman–Crippen MR) is 96.4 cm³/mol. The number of likely N-dealkylation sites (tertiary alicyclic amines) is 1. The number of hydroxylamine groups is 2. The van der Waals surface area contributed by atoms with Crippen molar-refractivity contribution in [3.05, 3.63) is 42.5 Å². The van der Waals surface area contributed by atoms with Gasteiger partial charge in [0.15, 0.2) is 0 Å². The quantitative estimate of drug-likeness (QED) is 0.509. The molecule has 1 heterocycles. The van der Waals surface area contributed by atoms with Crippen LogP contribution in [0.1, 0.15) is 29.6 Å². The van der Waals surface area contributed by atoms with Gasteiger partial charge in [0.25, 0.3) is 0 Å². The lowest BCUT2D eigenvalue weighted by molar-refractivity contribution is -0.318. The monoisotopic (exact) mass is 383 g/mol. The van der Waals surface area contributed by atoms with Crippen LogP contribution in [-0.2, 0) is 19.7 Å². The molecular weight excluding hydrogens is 358 g/mol. The Balaban J connectivity index is 2.07. The first-order valence-corrected chi connectivity index (χ1v) is 9.90. The maximum absolute atomic E-state index is 12.6. The molecule has 1 aliphatic heterocycles. The number of carbonyl (C=O) groups is 1. The first kappa shape index (κ1) is 20.5. The van der Waals surface area contributed by atoms with E-state index in [0.717, 1.165) is 37.6 Å². The van der Waals surface area contributed by atoms with Gasteiger partial charge in [0.2, 0.25) is 10.0 Å². The minimum Gasteiger partial charge on any atom is -0.298 e. The normalized spacial score (nSPS) is 16.4. The first-order valence-electron chi connectivity index (χ1n) is 8.36. The van der Waals surface area contributed by atoms with Gasteiger partial charge in [-0.1, -0.05) is 17.4 Å². The van der Waals surface area contributed by atoms with Gasteiger partial charge < -0.3 is 0 Å². The molecule has 1 aliphatic rings. The number of primary sulfonamides is 1. The molecule has 0 saturated carbocycles. The maximum Gasteiger partial charge on any atom is 0.303 e. The van der Waals surface area contributed by atoms with Crippen molar-refractivity contribution in [1.82, 2.24) is 10.1 Å². The summed E-state index contributed by atoms with van der Waals surface area (Å²) in [6, 6.07) is 5.50. The summed E-state index contributed by atoms with van der Waals surface area (Å²) >= 11 is 0. The van der Waals surface area contributed by atoms with Crippen LogP contribution < -0.4 is 5.14 Å². The molecule has 1 aromatic carbocycles. The molecule has 0 radical (unpaired) electrons. The lowest BCUT2D eigenvalue weighted by Gasteiger charge is -2.28. The minimum absolute atomic E-state index is 0.0937. The highest BCUT2D eigenvalue weighted by atomic mass is 32.2. The Bertz CT molecular complexity index is 732. The van der Waals surface area contributed by atoms with Crippen LogP contribution in [-0.4, -0.2) is 57.3 Å². The summed E-state index contributed by atoms with van der Waals surface area (Å²) in [5.41, 5.74) is 0.0971. The SMILES string of the molecule is C=CCC(CON(OC)C(=O)c1cccc(S(N)(=O)=O)c1)N1CCCC1. The van der Waals surface area contributed by atoms with Crippen LogP contribution in [0, 0.1) is 0 Å². The molecule has 1 amide bonds. The highest BCUT2D eigenvalue weighted by molar-refractivity contribution is 7.89. The van der Waals surface area contributed by atoms with Crippen molar-refractivity contribution >= 4 is 15.9 Å². The fraction of sp³-hybridized carbons (Fsp3) is 0.471. The summed E-state index contributed by atoms with van der Waals surface area (Å²) in [5, 5.41) is 5.86. The zero-order valence-electron chi connectivity index (χ0n) is 14.8. The number of rotatable bonds is 9. The molecule has 0 bridgehead atoms. The molecule has 9 heteroatoms. The van der Waals surface area contributed by atoms with Crippen LogP contribution >= 0.6 is 0 Å². The average molecular weight is 383 g/mol. The molecule has 26 heavy (non-hydrogen) atoms. The second-order valence-electron chi connectivity index (χ2n) is 6.03. The van der Waals surface area contributed by atoms with E-state index >= 15 is 0 Å². The van der Waals surface area contributed by atoms with Gasteiger partial charge in [-0.15, -0.1) is 6.58 Å². The number of benzene rings is 1. The number of hydrogen-bond donors (Lipinski definition) is 1. The first-order chi connectivity index (χ1) is 12.4. The topological polar surface area (TPSA) is 102 Å². The van der Waals surface area contributed by atoms with Crippen LogP contribution in [0.5, 0.6) is 0 Å². The van der Waals surface area contributed by atoms with E-state index in [1.165, 1.54) is 31.4 Å². The molecule has 0 aromatic heterocycles. The van der Waals surface area contributed by atoms with E-state index in [0.29, 0.717) is 0 Å². The Labute approximate surface area is 154 Å². The Morgan fingerprint density at radius 2 is 2.12 bits per heavy atom. The average Bonchev–Trinajstić information content (AvgIpc) is 3.15. The van der Waals surface area contributed by atoms with Gasteiger partial charge in [-0.25, -0.2) is 23.2 Å². The smallest absolute Gasteiger partial charge is 0.298 e. The van der Waals surface area contributed by atoms with E-state index in [1.807, 2.05) is 6.08 Å². The van der Waals surface area contributed by atoms with Crippen LogP contribution in [0.3, 0.4) is 0 Å². The van der Waals surface area contributed by atoms with Crippen molar-refractivity contribution in [3.63, 3.8) is 0 Å². The summed E-state index contributed by atoms with van der Waals surface area (Å²) in [6.45, 7) is 5.99.